The largest absolute Gasteiger partial charge is 0.423 e. The normalized spacial score (nSPS) is 17.9. The predicted octanol–water partition coefficient (Wildman–Crippen LogP) is 3.80. The molecule has 0 amide bonds. The zero-order valence-corrected chi connectivity index (χ0v) is 20.1. The summed E-state index contributed by atoms with van der Waals surface area (Å²) in [6.07, 6.45) is 4.31. The molecule has 0 N–H and O–H groups in total. The van der Waals surface area contributed by atoms with Gasteiger partial charge in [-0.1, -0.05) is 6.07 Å². The summed E-state index contributed by atoms with van der Waals surface area (Å²) < 4.78 is 33.6. The number of nitrogens with zero attached hydrogens (tertiary/aromatic N) is 2. The fourth-order valence-electron chi connectivity index (χ4n) is 5.00. The average molecular weight is 467 g/mol. The van der Waals surface area contributed by atoms with E-state index >= 15 is 0 Å². The highest BCUT2D eigenvalue weighted by molar-refractivity contribution is 7.89. The summed E-state index contributed by atoms with van der Waals surface area (Å²) in [5.74, 6) is 0. The third-order valence-electron chi connectivity index (χ3n) is 7.13. The molecule has 1 saturated heterocycles. The molecule has 1 aliphatic carbocycles. The predicted molar refractivity (Wildman–Crippen MR) is 129 cm³/mol. The Morgan fingerprint density at radius 2 is 1.58 bits per heavy atom. The van der Waals surface area contributed by atoms with Crippen LogP contribution in [0, 0.1) is 13.8 Å². The first kappa shape index (κ1) is 22.3. The second-order valence-electron chi connectivity index (χ2n) is 9.34. The number of aryl methyl sites for hydroxylation is 4. The molecule has 5 rings (SSSR count). The first-order valence-corrected chi connectivity index (χ1v) is 13.1. The smallest absolute Gasteiger partial charge is 0.336 e. The Balaban J connectivity index is 1.32. The van der Waals surface area contributed by atoms with Gasteiger partial charge in [-0.3, -0.25) is 4.90 Å². The van der Waals surface area contributed by atoms with Crippen LogP contribution in [0.4, 0.5) is 0 Å². The van der Waals surface area contributed by atoms with E-state index in [1.54, 1.807) is 16.4 Å². The van der Waals surface area contributed by atoms with Crippen molar-refractivity contribution in [2.24, 2.45) is 0 Å². The minimum atomic E-state index is -3.50. The van der Waals surface area contributed by atoms with E-state index in [2.05, 4.69) is 11.0 Å². The molecular weight excluding hydrogens is 436 g/mol. The van der Waals surface area contributed by atoms with Gasteiger partial charge in [0.05, 0.1) is 4.90 Å². The maximum absolute atomic E-state index is 13.3. The molecule has 1 fully saturated rings. The number of hydrogen-bond acceptors (Lipinski definition) is 5. The monoisotopic (exact) mass is 466 g/mol. The third kappa shape index (κ3) is 4.37. The number of fused-ring (bicyclic) bond motifs is 2. The van der Waals surface area contributed by atoms with Crippen molar-refractivity contribution < 1.29 is 12.8 Å². The zero-order chi connectivity index (χ0) is 23.2. The molecular formula is C26H30N2O4S. The van der Waals surface area contributed by atoms with Crippen LogP contribution in [-0.2, 0) is 29.4 Å². The van der Waals surface area contributed by atoms with Gasteiger partial charge < -0.3 is 4.42 Å². The summed E-state index contributed by atoms with van der Waals surface area (Å²) in [5.41, 5.74) is 5.89. The average Bonchev–Trinajstić information content (AvgIpc) is 2.80. The molecule has 6 nitrogen and oxygen atoms in total. The number of benzene rings is 2. The van der Waals surface area contributed by atoms with E-state index in [9.17, 15) is 13.2 Å². The Labute approximate surface area is 194 Å². The molecule has 7 heteroatoms. The lowest BCUT2D eigenvalue weighted by Crippen LogP contribution is -2.48. The molecule has 2 aromatic carbocycles. The highest BCUT2D eigenvalue weighted by Gasteiger charge is 2.29. The van der Waals surface area contributed by atoms with Gasteiger partial charge in [0.2, 0.25) is 10.0 Å². The van der Waals surface area contributed by atoms with Crippen LogP contribution in [0.25, 0.3) is 11.0 Å². The first-order chi connectivity index (χ1) is 15.8. The van der Waals surface area contributed by atoms with Gasteiger partial charge in [0.25, 0.3) is 0 Å². The molecule has 0 bridgehead atoms. The summed E-state index contributed by atoms with van der Waals surface area (Å²) >= 11 is 0. The summed E-state index contributed by atoms with van der Waals surface area (Å²) in [7, 11) is -3.50. The van der Waals surface area contributed by atoms with Crippen LogP contribution >= 0.6 is 0 Å². The molecule has 33 heavy (non-hydrogen) atoms. The minimum Gasteiger partial charge on any atom is -0.423 e. The zero-order valence-electron chi connectivity index (χ0n) is 19.3. The molecule has 0 spiro atoms. The van der Waals surface area contributed by atoms with Crippen LogP contribution in [-0.4, -0.2) is 43.8 Å². The Hall–Kier alpha value is -2.48. The van der Waals surface area contributed by atoms with E-state index in [0.717, 1.165) is 41.3 Å². The molecule has 3 aromatic rings. The molecule has 174 valence electrons. The van der Waals surface area contributed by atoms with Gasteiger partial charge in [0, 0.05) is 44.2 Å². The summed E-state index contributed by atoms with van der Waals surface area (Å²) in [4.78, 5) is 14.7. The SMILES string of the molecule is Cc1cc2oc(=O)cc(CN3CCN(S(=O)(=O)c4ccc5c(c4)CCCC5)CC3)c2cc1C. The molecule has 0 unspecified atom stereocenters. The van der Waals surface area contributed by atoms with Gasteiger partial charge in [-0.05, 0) is 91.6 Å². The Kier molecular flexibility index (Phi) is 5.89. The van der Waals surface area contributed by atoms with Crippen molar-refractivity contribution >= 4 is 21.0 Å². The Bertz CT molecular complexity index is 1370. The molecule has 0 atom stereocenters. The molecule has 0 radical (unpaired) electrons. The van der Waals surface area contributed by atoms with Crippen LogP contribution in [0.15, 0.2) is 50.5 Å². The van der Waals surface area contributed by atoms with Gasteiger partial charge in [-0.15, -0.1) is 0 Å². The fraction of sp³-hybridized carbons (Fsp3) is 0.423. The van der Waals surface area contributed by atoms with Gasteiger partial charge >= 0.3 is 5.63 Å². The summed E-state index contributed by atoms with van der Waals surface area (Å²) in [5, 5.41) is 0.946. The Morgan fingerprint density at radius 3 is 2.33 bits per heavy atom. The van der Waals surface area contributed by atoms with Crippen molar-refractivity contribution in [3.63, 3.8) is 0 Å². The summed E-state index contributed by atoms with van der Waals surface area (Å²) in [6.45, 7) is 6.77. The molecule has 0 saturated carbocycles. The number of sulfonamides is 1. The molecule has 2 heterocycles. The van der Waals surface area contributed by atoms with Gasteiger partial charge in [-0.2, -0.15) is 4.31 Å². The summed E-state index contributed by atoms with van der Waals surface area (Å²) in [6, 6.07) is 11.2. The highest BCUT2D eigenvalue weighted by atomic mass is 32.2. The van der Waals surface area contributed by atoms with Crippen molar-refractivity contribution in [3.8, 4) is 0 Å². The number of hydrogen-bond donors (Lipinski definition) is 0. The third-order valence-corrected chi connectivity index (χ3v) is 9.02. The molecule has 1 aliphatic heterocycles. The van der Waals surface area contributed by atoms with Crippen LogP contribution in [0.5, 0.6) is 0 Å². The molecule has 2 aliphatic rings. The maximum atomic E-state index is 13.3. The van der Waals surface area contributed by atoms with Gasteiger partial charge in [-0.25, -0.2) is 13.2 Å². The van der Waals surface area contributed by atoms with Gasteiger partial charge in [0.1, 0.15) is 5.58 Å². The van der Waals surface area contributed by atoms with Gasteiger partial charge in [0.15, 0.2) is 0 Å². The van der Waals surface area contributed by atoms with Crippen LogP contribution in [0.3, 0.4) is 0 Å². The van der Waals surface area contributed by atoms with E-state index in [0.29, 0.717) is 43.2 Å². The van der Waals surface area contributed by atoms with Crippen LogP contribution in [0.2, 0.25) is 0 Å². The lowest BCUT2D eigenvalue weighted by Gasteiger charge is -2.34. The van der Waals surface area contributed by atoms with Crippen molar-refractivity contribution in [1.82, 2.24) is 9.21 Å². The van der Waals surface area contributed by atoms with E-state index < -0.39 is 10.0 Å². The van der Waals surface area contributed by atoms with E-state index in [4.69, 9.17) is 4.42 Å². The molecule has 1 aromatic heterocycles. The van der Waals surface area contributed by atoms with Crippen molar-refractivity contribution in [3.05, 3.63) is 74.6 Å². The maximum Gasteiger partial charge on any atom is 0.336 e. The highest BCUT2D eigenvalue weighted by Crippen LogP contribution is 2.27. The standard InChI is InChI=1S/C26H30N2O4S/c1-18-13-24-22(16-26(29)32-25(24)14-19(18)2)17-27-9-11-28(12-10-27)33(30,31)23-8-7-20-5-3-4-6-21(20)15-23/h7-8,13-16H,3-6,9-12,17H2,1-2H3. The van der Waals surface area contributed by atoms with Crippen molar-refractivity contribution in [1.29, 1.82) is 0 Å². The van der Waals surface area contributed by atoms with Crippen molar-refractivity contribution in [2.75, 3.05) is 26.2 Å². The minimum absolute atomic E-state index is 0.352. The van der Waals surface area contributed by atoms with E-state index in [1.165, 1.54) is 17.5 Å². The van der Waals surface area contributed by atoms with Crippen LogP contribution in [0.1, 0.15) is 40.7 Å². The van der Waals surface area contributed by atoms with E-state index in [-0.39, 0.29) is 5.63 Å². The second-order valence-corrected chi connectivity index (χ2v) is 11.3. The van der Waals surface area contributed by atoms with Crippen LogP contribution < -0.4 is 5.63 Å². The second kappa shape index (κ2) is 8.70. The lowest BCUT2D eigenvalue weighted by molar-refractivity contribution is 0.182. The van der Waals surface area contributed by atoms with Crippen molar-refractivity contribution in [2.45, 2.75) is 51.0 Å². The quantitative estimate of drug-likeness (QED) is 0.547. The Morgan fingerprint density at radius 1 is 0.879 bits per heavy atom. The first-order valence-electron chi connectivity index (χ1n) is 11.7. The topological polar surface area (TPSA) is 70.8 Å². The number of rotatable bonds is 4. The number of piperazine rings is 1. The lowest BCUT2D eigenvalue weighted by atomic mass is 9.92. The van der Waals surface area contributed by atoms with E-state index in [1.807, 2.05) is 32.0 Å². The fourth-order valence-corrected chi connectivity index (χ4v) is 6.48.